The Kier molecular flexibility index (Phi) is 1.99. The van der Waals surface area contributed by atoms with Crippen LogP contribution in [0.2, 0.25) is 0 Å². The molecule has 0 radical (unpaired) electrons. The fourth-order valence-corrected chi connectivity index (χ4v) is 1.30. The first-order chi connectivity index (χ1) is 6.27. The van der Waals surface area contributed by atoms with E-state index in [0.717, 1.165) is 10.4 Å². The van der Waals surface area contributed by atoms with Crippen LogP contribution in [0.4, 0.5) is 0 Å². The number of fused-ring (bicyclic) bond motifs is 1. The SMILES string of the molecule is OB(O)c1ccc2c(c1)=CC=C[C+]=2. The lowest BCUT2D eigenvalue weighted by molar-refractivity contribution is 0.425. The molecule has 2 N–H and O–H groups in total. The number of rotatable bonds is 1. The maximum absolute atomic E-state index is 8.93. The van der Waals surface area contributed by atoms with Crippen LogP contribution in [0.1, 0.15) is 0 Å². The average Bonchev–Trinajstić information content (AvgIpc) is 2.17. The van der Waals surface area contributed by atoms with Crippen LogP contribution in [0, 0.1) is 0 Å². The zero-order chi connectivity index (χ0) is 9.26. The van der Waals surface area contributed by atoms with Crippen LogP contribution in [-0.2, 0) is 0 Å². The fourth-order valence-electron chi connectivity index (χ4n) is 1.30. The summed E-state index contributed by atoms with van der Waals surface area (Å²) in [6.45, 7) is 0. The molecule has 1 aromatic carbocycles. The van der Waals surface area contributed by atoms with Crippen molar-refractivity contribution in [3.8, 4) is 0 Å². The highest BCUT2D eigenvalue weighted by atomic mass is 16.4. The predicted molar refractivity (Wildman–Crippen MR) is 52.5 cm³/mol. The van der Waals surface area contributed by atoms with Gasteiger partial charge in [0.25, 0.3) is 0 Å². The first kappa shape index (κ1) is 8.20. The molecule has 0 amide bonds. The summed E-state index contributed by atoms with van der Waals surface area (Å²) in [5, 5.41) is 19.8. The Morgan fingerprint density at radius 2 is 2.08 bits per heavy atom. The minimum atomic E-state index is -1.40. The molecule has 1 aromatic rings. The number of benzene rings is 1. The van der Waals surface area contributed by atoms with E-state index in [2.05, 4.69) is 6.08 Å². The van der Waals surface area contributed by atoms with Crippen LogP contribution in [0.25, 0.3) is 12.2 Å². The summed E-state index contributed by atoms with van der Waals surface area (Å²) < 4.78 is 0. The molecule has 3 heteroatoms. The minimum Gasteiger partial charge on any atom is -0.423 e. The summed E-state index contributed by atoms with van der Waals surface area (Å²) in [4.78, 5) is 0. The van der Waals surface area contributed by atoms with E-state index in [1.807, 2.05) is 24.3 Å². The molecule has 0 bridgehead atoms. The summed E-state index contributed by atoms with van der Waals surface area (Å²) >= 11 is 0. The molecule has 0 unspecified atom stereocenters. The Balaban J connectivity index is 2.64. The molecule has 13 heavy (non-hydrogen) atoms. The van der Waals surface area contributed by atoms with Gasteiger partial charge in [0.05, 0.1) is 11.3 Å². The van der Waals surface area contributed by atoms with Gasteiger partial charge < -0.3 is 10.0 Å². The van der Waals surface area contributed by atoms with E-state index >= 15 is 0 Å². The van der Waals surface area contributed by atoms with Crippen molar-refractivity contribution >= 4 is 24.7 Å². The van der Waals surface area contributed by atoms with Crippen LogP contribution in [0.3, 0.4) is 0 Å². The van der Waals surface area contributed by atoms with Gasteiger partial charge in [0.2, 0.25) is 0 Å². The van der Waals surface area contributed by atoms with Gasteiger partial charge in [-0.05, 0) is 12.1 Å². The summed E-state index contributed by atoms with van der Waals surface area (Å²) in [5.41, 5.74) is 0.507. The van der Waals surface area contributed by atoms with Crippen LogP contribution >= 0.6 is 0 Å². The second kappa shape index (κ2) is 3.15. The van der Waals surface area contributed by atoms with Crippen LogP contribution in [0.5, 0.6) is 0 Å². The van der Waals surface area contributed by atoms with Crippen molar-refractivity contribution in [2.24, 2.45) is 0 Å². The number of allylic oxidation sites excluding steroid dienone is 2. The van der Waals surface area contributed by atoms with Gasteiger partial charge in [0, 0.05) is 29.8 Å². The van der Waals surface area contributed by atoms with Crippen molar-refractivity contribution in [3.63, 3.8) is 0 Å². The van der Waals surface area contributed by atoms with Crippen molar-refractivity contribution in [1.29, 1.82) is 0 Å². The van der Waals surface area contributed by atoms with E-state index in [-0.39, 0.29) is 0 Å². The minimum absolute atomic E-state index is 0.507. The fraction of sp³-hybridized carbons (Fsp3) is 0. The lowest BCUT2D eigenvalue weighted by Crippen LogP contribution is -2.37. The van der Waals surface area contributed by atoms with Crippen molar-refractivity contribution in [2.45, 2.75) is 0 Å². The summed E-state index contributed by atoms with van der Waals surface area (Å²) in [5.74, 6) is 0. The molecular weight excluding hydrogens is 163 g/mol. The van der Waals surface area contributed by atoms with E-state index in [9.17, 15) is 0 Å². The molecule has 1 aliphatic rings. The Hall–Kier alpha value is -1.41. The summed E-state index contributed by atoms with van der Waals surface area (Å²) in [6.07, 6.45) is 8.67. The average molecular weight is 171 g/mol. The van der Waals surface area contributed by atoms with Crippen molar-refractivity contribution < 1.29 is 10.0 Å². The molecule has 1 aliphatic carbocycles. The first-order valence-electron chi connectivity index (χ1n) is 4.04. The van der Waals surface area contributed by atoms with Gasteiger partial charge in [0.15, 0.2) is 5.22 Å². The smallest absolute Gasteiger partial charge is 0.423 e. The van der Waals surface area contributed by atoms with Crippen LogP contribution in [-0.4, -0.2) is 17.2 Å². The Bertz CT molecular complexity index is 460. The molecule has 0 saturated carbocycles. The second-order valence-corrected chi connectivity index (χ2v) is 2.89. The molecule has 0 aliphatic heterocycles. The quantitative estimate of drug-likeness (QED) is 0.393. The Labute approximate surface area is 76.3 Å². The van der Waals surface area contributed by atoms with E-state index in [1.165, 1.54) is 0 Å². The molecule has 2 nitrogen and oxygen atoms in total. The maximum Gasteiger partial charge on any atom is 0.490 e. The molecule has 0 atom stereocenters. The highest BCUT2D eigenvalue weighted by Gasteiger charge is 2.12. The highest BCUT2D eigenvalue weighted by molar-refractivity contribution is 6.58. The third-order valence-corrected chi connectivity index (χ3v) is 1.98. The molecule has 0 spiro atoms. The molecule has 0 saturated heterocycles. The van der Waals surface area contributed by atoms with Crippen molar-refractivity contribution in [2.75, 3.05) is 0 Å². The maximum atomic E-state index is 8.93. The van der Waals surface area contributed by atoms with E-state index in [0.29, 0.717) is 5.46 Å². The molecule has 0 heterocycles. The number of hydrogen-bond donors (Lipinski definition) is 2. The molecule has 0 fully saturated rings. The molecular formula is C10H8BO2+. The summed E-state index contributed by atoms with van der Waals surface area (Å²) in [7, 11) is -1.40. The monoisotopic (exact) mass is 171 g/mol. The third kappa shape index (κ3) is 1.53. The Morgan fingerprint density at radius 1 is 1.23 bits per heavy atom. The lowest BCUT2D eigenvalue weighted by atomic mass is 9.80. The first-order valence-corrected chi connectivity index (χ1v) is 4.04. The van der Waals surface area contributed by atoms with E-state index in [4.69, 9.17) is 10.0 Å². The summed E-state index contributed by atoms with van der Waals surface area (Å²) in [6, 6.07) is 5.25. The second-order valence-electron chi connectivity index (χ2n) is 2.89. The predicted octanol–water partition coefficient (Wildman–Crippen LogP) is -1.63. The van der Waals surface area contributed by atoms with Gasteiger partial charge in [0.1, 0.15) is 0 Å². The normalized spacial score (nSPS) is 12.2. The number of hydrogen-bond acceptors (Lipinski definition) is 2. The molecule has 62 valence electrons. The Morgan fingerprint density at radius 3 is 2.85 bits per heavy atom. The van der Waals surface area contributed by atoms with Crippen LogP contribution in [0.15, 0.2) is 30.4 Å². The van der Waals surface area contributed by atoms with E-state index in [1.54, 1.807) is 12.1 Å². The van der Waals surface area contributed by atoms with Gasteiger partial charge in [-0.1, -0.05) is 0 Å². The van der Waals surface area contributed by atoms with Crippen LogP contribution < -0.4 is 15.9 Å². The standard InChI is InChI=1S/C10H8BO2/c12-11(13)10-6-5-8-3-1-2-4-9(8)7-10/h1-2,4-7,12-13H/q+1. The van der Waals surface area contributed by atoms with Gasteiger partial charge >= 0.3 is 7.12 Å². The van der Waals surface area contributed by atoms with Crippen molar-refractivity contribution in [3.05, 3.63) is 40.8 Å². The lowest BCUT2D eigenvalue weighted by Gasteiger charge is -1.95. The van der Waals surface area contributed by atoms with Crippen molar-refractivity contribution in [1.82, 2.24) is 0 Å². The zero-order valence-corrected chi connectivity index (χ0v) is 6.94. The molecule has 0 aromatic heterocycles. The van der Waals surface area contributed by atoms with Gasteiger partial charge in [-0.3, -0.25) is 0 Å². The van der Waals surface area contributed by atoms with Gasteiger partial charge in [-0.25, -0.2) is 0 Å². The van der Waals surface area contributed by atoms with E-state index < -0.39 is 7.12 Å². The van der Waals surface area contributed by atoms with Gasteiger partial charge in [-0.2, -0.15) is 0 Å². The largest absolute Gasteiger partial charge is 0.490 e. The van der Waals surface area contributed by atoms with Gasteiger partial charge in [-0.15, -0.1) is 0 Å². The highest BCUT2D eigenvalue weighted by Crippen LogP contribution is 1.82. The topological polar surface area (TPSA) is 40.5 Å². The molecule has 2 rings (SSSR count). The third-order valence-electron chi connectivity index (χ3n) is 1.98. The zero-order valence-electron chi connectivity index (χ0n) is 6.94.